The lowest BCUT2D eigenvalue weighted by Gasteiger charge is -2.25. The summed E-state index contributed by atoms with van der Waals surface area (Å²) in [6.45, 7) is 0. The van der Waals surface area contributed by atoms with Crippen LogP contribution in [-0.4, -0.2) is 6.04 Å². The van der Waals surface area contributed by atoms with E-state index in [1.165, 1.54) is 18.6 Å². The lowest BCUT2D eigenvalue weighted by Crippen LogP contribution is -2.24. The van der Waals surface area contributed by atoms with E-state index in [-0.39, 0.29) is 11.7 Å². The highest BCUT2D eigenvalue weighted by Gasteiger charge is 2.34. The summed E-state index contributed by atoms with van der Waals surface area (Å²) < 4.78 is 39.3. The van der Waals surface area contributed by atoms with Crippen LogP contribution in [0.2, 0.25) is 0 Å². The highest BCUT2D eigenvalue weighted by molar-refractivity contribution is 9.10. The van der Waals surface area contributed by atoms with Gasteiger partial charge >= 0.3 is 6.18 Å². The second-order valence-electron chi connectivity index (χ2n) is 4.67. The van der Waals surface area contributed by atoms with Crippen LogP contribution in [-0.2, 0) is 6.18 Å². The molecule has 0 saturated heterocycles. The second kappa shape index (κ2) is 5.51. The molecular formula is C13H15BrF3N. The Morgan fingerprint density at radius 3 is 2.39 bits per heavy atom. The summed E-state index contributed by atoms with van der Waals surface area (Å²) in [7, 11) is 0. The first-order chi connectivity index (χ1) is 8.47. The van der Waals surface area contributed by atoms with Crippen molar-refractivity contribution in [2.45, 2.75) is 44.3 Å². The molecule has 1 N–H and O–H groups in total. The molecule has 100 valence electrons. The van der Waals surface area contributed by atoms with E-state index in [1.54, 1.807) is 0 Å². The van der Waals surface area contributed by atoms with Crippen LogP contribution in [0.3, 0.4) is 0 Å². The minimum atomic E-state index is -4.31. The van der Waals surface area contributed by atoms with E-state index < -0.39 is 11.7 Å². The summed E-state index contributed by atoms with van der Waals surface area (Å²) in [5, 5.41) is 3.05. The van der Waals surface area contributed by atoms with E-state index in [1.807, 2.05) is 0 Å². The summed E-state index contributed by atoms with van der Waals surface area (Å²) in [5.41, 5.74) is -0.403. The van der Waals surface area contributed by atoms with Crippen LogP contribution in [0.5, 0.6) is 0 Å². The molecule has 1 fully saturated rings. The maximum atomic E-state index is 12.9. The molecule has 0 spiro atoms. The predicted molar refractivity (Wildman–Crippen MR) is 69.6 cm³/mol. The molecule has 1 aromatic carbocycles. The normalized spacial score (nSPS) is 17.8. The molecule has 2 rings (SSSR count). The number of hydrogen-bond donors (Lipinski definition) is 1. The van der Waals surface area contributed by atoms with Crippen molar-refractivity contribution in [1.29, 1.82) is 0 Å². The van der Waals surface area contributed by atoms with Gasteiger partial charge in [-0.15, -0.1) is 0 Å². The maximum Gasteiger partial charge on any atom is 0.418 e. The number of alkyl halides is 3. The lowest BCUT2D eigenvalue weighted by molar-refractivity contribution is -0.137. The summed E-state index contributed by atoms with van der Waals surface area (Å²) in [6, 6.07) is 4.22. The van der Waals surface area contributed by atoms with Crippen LogP contribution in [0, 0.1) is 0 Å². The van der Waals surface area contributed by atoms with Crippen molar-refractivity contribution in [2.75, 3.05) is 5.32 Å². The zero-order chi connectivity index (χ0) is 13.2. The van der Waals surface area contributed by atoms with Crippen molar-refractivity contribution < 1.29 is 13.2 Å². The Hall–Kier alpha value is -0.710. The first kappa shape index (κ1) is 13.7. The number of hydrogen-bond acceptors (Lipinski definition) is 1. The van der Waals surface area contributed by atoms with Crippen molar-refractivity contribution in [3.8, 4) is 0 Å². The van der Waals surface area contributed by atoms with Gasteiger partial charge in [-0.1, -0.05) is 35.2 Å². The highest BCUT2D eigenvalue weighted by atomic mass is 79.9. The third-order valence-corrected chi connectivity index (χ3v) is 3.75. The van der Waals surface area contributed by atoms with Crippen LogP contribution in [0.4, 0.5) is 18.9 Å². The molecule has 1 saturated carbocycles. The molecule has 1 aliphatic rings. The highest BCUT2D eigenvalue weighted by Crippen LogP contribution is 2.37. The van der Waals surface area contributed by atoms with E-state index >= 15 is 0 Å². The van der Waals surface area contributed by atoms with Gasteiger partial charge in [-0.3, -0.25) is 0 Å². The van der Waals surface area contributed by atoms with Gasteiger partial charge in [0.25, 0.3) is 0 Å². The fourth-order valence-electron chi connectivity index (χ4n) is 2.35. The summed E-state index contributed by atoms with van der Waals surface area (Å²) in [4.78, 5) is 0. The van der Waals surface area contributed by atoms with E-state index in [0.29, 0.717) is 4.47 Å². The molecule has 0 heterocycles. The van der Waals surface area contributed by atoms with Crippen molar-refractivity contribution >= 4 is 21.6 Å². The number of anilines is 1. The first-order valence-corrected chi connectivity index (χ1v) is 6.89. The first-order valence-electron chi connectivity index (χ1n) is 6.10. The SMILES string of the molecule is FC(F)(F)c1ccc(Br)cc1NC1CCCCC1. The monoisotopic (exact) mass is 321 g/mol. The molecule has 1 aromatic rings. The fourth-order valence-corrected chi connectivity index (χ4v) is 2.71. The number of rotatable bonds is 2. The van der Waals surface area contributed by atoms with Crippen molar-refractivity contribution in [3.05, 3.63) is 28.2 Å². The standard InChI is InChI=1S/C13H15BrF3N/c14-9-6-7-11(13(15,16)17)12(8-9)18-10-4-2-1-3-5-10/h6-8,10,18H,1-5H2. The van der Waals surface area contributed by atoms with Crippen molar-refractivity contribution in [1.82, 2.24) is 0 Å². The molecule has 0 aromatic heterocycles. The van der Waals surface area contributed by atoms with Crippen molar-refractivity contribution in [3.63, 3.8) is 0 Å². The van der Waals surface area contributed by atoms with Gasteiger partial charge in [0.2, 0.25) is 0 Å². The Morgan fingerprint density at radius 2 is 1.78 bits per heavy atom. The van der Waals surface area contributed by atoms with Gasteiger partial charge in [-0.05, 0) is 31.0 Å². The average molecular weight is 322 g/mol. The van der Waals surface area contributed by atoms with E-state index in [0.717, 1.165) is 31.7 Å². The van der Waals surface area contributed by atoms with Crippen LogP contribution in [0.25, 0.3) is 0 Å². The van der Waals surface area contributed by atoms with Gasteiger partial charge in [0.05, 0.1) is 5.56 Å². The summed E-state index contributed by atoms with van der Waals surface area (Å²) >= 11 is 3.22. The molecule has 0 atom stereocenters. The largest absolute Gasteiger partial charge is 0.418 e. The van der Waals surface area contributed by atoms with E-state index in [4.69, 9.17) is 0 Å². The van der Waals surface area contributed by atoms with E-state index in [9.17, 15) is 13.2 Å². The molecule has 0 unspecified atom stereocenters. The van der Waals surface area contributed by atoms with Crippen LogP contribution in [0.1, 0.15) is 37.7 Å². The van der Waals surface area contributed by atoms with Crippen LogP contribution in [0.15, 0.2) is 22.7 Å². The Bertz CT molecular complexity index is 411. The smallest absolute Gasteiger partial charge is 0.382 e. The van der Waals surface area contributed by atoms with Gasteiger partial charge in [0.1, 0.15) is 0 Å². The molecular weight excluding hydrogens is 307 g/mol. The molecule has 0 amide bonds. The Morgan fingerprint density at radius 1 is 1.11 bits per heavy atom. The third-order valence-electron chi connectivity index (χ3n) is 3.25. The van der Waals surface area contributed by atoms with Gasteiger partial charge in [0, 0.05) is 16.2 Å². The van der Waals surface area contributed by atoms with Crippen LogP contribution >= 0.6 is 15.9 Å². The number of halogens is 4. The topological polar surface area (TPSA) is 12.0 Å². The minimum Gasteiger partial charge on any atom is -0.382 e. The summed E-state index contributed by atoms with van der Waals surface area (Å²) in [5.74, 6) is 0. The van der Waals surface area contributed by atoms with Crippen LogP contribution < -0.4 is 5.32 Å². The molecule has 1 aliphatic carbocycles. The van der Waals surface area contributed by atoms with Gasteiger partial charge in [-0.2, -0.15) is 13.2 Å². The van der Waals surface area contributed by atoms with Gasteiger partial charge < -0.3 is 5.32 Å². The quantitative estimate of drug-likeness (QED) is 0.788. The molecule has 5 heteroatoms. The molecule has 1 nitrogen and oxygen atoms in total. The molecule has 18 heavy (non-hydrogen) atoms. The molecule has 0 aliphatic heterocycles. The zero-order valence-electron chi connectivity index (χ0n) is 9.86. The van der Waals surface area contributed by atoms with Gasteiger partial charge in [0.15, 0.2) is 0 Å². The summed E-state index contributed by atoms with van der Waals surface area (Å²) in [6.07, 6.45) is 0.953. The fraction of sp³-hybridized carbons (Fsp3) is 0.538. The Balaban J connectivity index is 2.21. The third kappa shape index (κ3) is 3.40. The van der Waals surface area contributed by atoms with E-state index in [2.05, 4.69) is 21.2 Å². The van der Waals surface area contributed by atoms with Gasteiger partial charge in [-0.25, -0.2) is 0 Å². The second-order valence-corrected chi connectivity index (χ2v) is 5.58. The Labute approximate surface area is 113 Å². The molecule has 0 bridgehead atoms. The zero-order valence-corrected chi connectivity index (χ0v) is 11.4. The lowest BCUT2D eigenvalue weighted by atomic mass is 9.95. The minimum absolute atomic E-state index is 0.161. The molecule has 0 radical (unpaired) electrons. The average Bonchev–Trinajstić information content (AvgIpc) is 2.28. The maximum absolute atomic E-state index is 12.9. The van der Waals surface area contributed by atoms with Crippen molar-refractivity contribution in [2.24, 2.45) is 0 Å². The number of nitrogens with one attached hydrogen (secondary N) is 1. The number of benzene rings is 1. The Kier molecular flexibility index (Phi) is 4.20. The predicted octanol–water partition coefficient (Wildman–Crippen LogP) is 5.21.